The van der Waals surface area contributed by atoms with E-state index in [2.05, 4.69) is 31.2 Å². The quantitative estimate of drug-likeness (QED) is 0.322. The van der Waals surface area contributed by atoms with Crippen LogP contribution in [0.2, 0.25) is 0 Å². The second-order valence-corrected chi connectivity index (χ2v) is 7.18. The van der Waals surface area contributed by atoms with Crippen molar-refractivity contribution < 1.29 is 4.74 Å². The molecule has 1 saturated carbocycles. The Kier molecular flexibility index (Phi) is 11.4. The van der Waals surface area contributed by atoms with E-state index in [1.807, 2.05) is 13.8 Å². The van der Waals surface area contributed by atoms with Gasteiger partial charge in [-0.3, -0.25) is 0 Å². The molecule has 0 aromatic heterocycles. The summed E-state index contributed by atoms with van der Waals surface area (Å²) in [6.07, 6.45) is 10.9. The van der Waals surface area contributed by atoms with Gasteiger partial charge in [0.15, 0.2) is 4.90 Å². The van der Waals surface area contributed by atoms with Crippen molar-refractivity contribution in [3.63, 3.8) is 0 Å². The molecule has 126 valence electrons. The van der Waals surface area contributed by atoms with Crippen LogP contribution in [-0.4, -0.2) is 12.4 Å². The van der Waals surface area contributed by atoms with Gasteiger partial charge >= 0.3 is 0 Å². The summed E-state index contributed by atoms with van der Waals surface area (Å²) in [6, 6.07) is 8.74. The van der Waals surface area contributed by atoms with E-state index in [1.54, 1.807) is 0 Å². The lowest BCUT2D eigenvalue weighted by Gasteiger charge is -2.21. The van der Waals surface area contributed by atoms with Gasteiger partial charge < -0.3 is 4.74 Å². The molecule has 2 heteroatoms. The van der Waals surface area contributed by atoms with Gasteiger partial charge in [-0.1, -0.05) is 46.5 Å². The van der Waals surface area contributed by atoms with Gasteiger partial charge in [0.05, 0.1) is 6.61 Å². The van der Waals surface area contributed by atoms with E-state index < -0.39 is 0 Å². The number of hydrogen-bond donors (Lipinski definition) is 0. The third kappa shape index (κ3) is 8.12. The van der Waals surface area contributed by atoms with Gasteiger partial charge in [-0.25, -0.2) is 0 Å². The normalized spacial score (nSPS) is 15.0. The van der Waals surface area contributed by atoms with Crippen LogP contribution >= 0.6 is 0 Å². The van der Waals surface area contributed by atoms with Crippen LogP contribution in [0, 0.1) is 5.92 Å². The minimum absolute atomic E-state index is 0.788. The lowest BCUT2D eigenvalue weighted by Crippen LogP contribution is -2.15. The SMILES string of the molecule is CC.CCCCC[SH+]c1ccc(OCC2CCCCC2)cc1. The molecule has 0 amide bonds. The Balaban J connectivity index is 0.00000116. The Bertz CT molecular complexity index is 354. The Morgan fingerprint density at radius 1 is 1.00 bits per heavy atom. The van der Waals surface area contributed by atoms with Crippen LogP contribution in [0.1, 0.15) is 72.1 Å². The van der Waals surface area contributed by atoms with Crippen molar-refractivity contribution in [3.8, 4) is 5.75 Å². The van der Waals surface area contributed by atoms with Crippen LogP contribution in [0.25, 0.3) is 0 Å². The Hall–Kier alpha value is -0.630. The first kappa shape index (κ1) is 19.4. The van der Waals surface area contributed by atoms with Crippen molar-refractivity contribution in [2.45, 2.75) is 77.0 Å². The van der Waals surface area contributed by atoms with Crippen molar-refractivity contribution in [1.82, 2.24) is 0 Å². The molecule has 0 unspecified atom stereocenters. The van der Waals surface area contributed by atoms with E-state index in [0.717, 1.165) is 18.3 Å². The molecule has 1 fully saturated rings. The fourth-order valence-electron chi connectivity index (χ4n) is 2.79. The number of rotatable bonds is 8. The number of hydrogen-bond acceptors (Lipinski definition) is 1. The number of unbranched alkanes of at least 4 members (excludes halogenated alkanes) is 2. The Labute approximate surface area is 142 Å². The molecule has 0 heterocycles. The van der Waals surface area contributed by atoms with Gasteiger partial charge in [-0.15, -0.1) is 0 Å². The monoisotopic (exact) mass is 323 g/mol. The summed E-state index contributed by atoms with van der Waals surface area (Å²) in [5.74, 6) is 3.12. The first-order valence-corrected chi connectivity index (χ1v) is 10.4. The Morgan fingerprint density at radius 2 is 1.68 bits per heavy atom. The second-order valence-electron chi connectivity index (χ2n) is 5.90. The van der Waals surface area contributed by atoms with E-state index in [-0.39, 0.29) is 0 Å². The van der Waals surface area contributed by atoms with Crippen molar-refractivity contribution in [2.24, 2.45) is 5.92 Å². The summed E-state index contributed by atoms with van der Waals surface area (Å²) in [5, 5.41) is 0. The molecule has 0 radical (unpaired) electrons. The number of benzene rings is 1. The van der Waals surface area contributed by atoms with Crippen molar-refractivity contribution in [3.05, 3.63) is 24.3 Å². The molecule has 0 spiro atoms. The molecule has 1 nitrogen and oxygen atoms in total. The molecule has 1 aliphatic carbocycles. The molecule has 1 aromatic rings. The van der Waals surface area contributed by atoms with Crippen molar-refractivity contribution >= 4 is 11.8 Å². The van der Waals surface area contributed by atoms with E-state index in [4.69, 9.17) is 4.74 Å². The van der Waals surface area contributed by atoms with Gasteiger partial charge in [0.2, 0.25) is 0 Å². The molecule has 0 bridgehead atoms. The maximum absolute atomic E-state index is 5.94. The standard InChI is InChI=1S/C18H28OS.C2H6/c1-2-3-7-14-20-18-12-10-17(11-13-18)19-15-16-8-5-4-6-9-16;1-2/h10-13,16H,2-9,14-15H2,1H3;1-2H3/p+1. The highest BCUT2D eigenvalue weighted by molar-refractivity contribution is 7.78. The minimum atomic E-state index is 0.788. The summed E-state index contributed by atoms with van der Waals surface area (Å²) in [4.78, 5) is 1.42. The first-order valence-electron chi connectivity index (χ1n) is 9.29. The minimum Gasteiger partial charge on any atom is -0.493 e. The van der Waals surface area contributed by atoms with Crippen LogP contribution < -0.4 is 4.74 Å². The van der Waals surface area contributed by atoms with Gasteiger partial charge in [-0.2, -0.15) is 0 Å². The third-order valence-electron chi connectivity index (χ3n) is 4.10. The topological polar surface area (TPSA) is 9.23 Å². The maximum atomic E-state index is 5.94. The lowest BCUT2D eigenvalue weighted by atomic mass is 9.90. The average molecular weight is 324 g/mol. The highest BCUT2D eigenvalue weighted by Crippen LogP contribution is 2.24. The predicted molar refractivity (Wildman–Crippen MR) is 101 cm³/mol. The molecule has 0 aliphatic heterocycles. The Morgan fingerprint density at radius 3 is 2.32 bits per heavy atom. The molecule has 0 saturated heterocycles. The van der Waals surface area contributed by atoms with E-state index in [1.165, 1.54) is 73.8 Å². The molecular formula is C20H35OS+. The molecule has 1 aromatic carbocycles. The predicted octanol–water partition coefficient (Wildman–Crippen LogP) is 6.04. The lowest BCUT2D eigenvalue weighted by molar-refractivity contribution is 0.209. The summed E-state index contributed by atoms with van der Waals surface area (Å²) < 4.78 is 5.94. The molecule has 22 heavy (non-hydrogen) atoms. The molecule has 0 atom stereocenters. The van der Waals surface area contributed by atoms with Gasteiger partial charge in [0, 0.05) is 11.8 Å². The van der Waals surface area contributed by atoms with E-state index in [9.17, 15) is 0 Å². The van der Waals surface area contributed by atoms with Crippen LogP contribution in [-0.2, 0) is 11.8 Å². The molecular weight excluding hydrogens is 288 g/mol. The molecule has 0 N–H and O–H groups in total. The summed E-state index contributed by atoms with van der Waals surface area (Å²) in [5.41, 5.74) is 0. The van der Waals surface area contributed by atoms with Gasteiger partial charge in [0.1, 0.15) is 11.5 Å². The third-order valence-corrected chi connectivity index (χ3v) is 5.31. The summed E-state index contributed by atoms with van der Waals surface area (Å²) in [6.45, 7) is 7.17. The van der Waals surface area contributed by atoms with Crippen LogP contribution in [0.4, 0.5) is 0 Å². The zero-order valence-corrected chi connectivity index (χ0v) is 15.7. The summed E-state index contributed by atoms with van der Waals surface area (Å²) >= 11 is 1.46. The number of ether oxygens (including phenoxy) is 1. The molecule has 2 rings (SSSR count). The number of thiol groups is 1. The van der Waals surface area contributed by atoms with Gasteiger partial charge in [0.25, 0.3) is 0 Å². The smallest absolute Gasteiger partial charge is 0.152 e. The van der Waals surface area contributed by atoms with Crippen LogP contribution in [0.15, 0.2) is 29.2 Å². The first-order chi connectivity index (χ1) is 10.9. The average Bonchev–Trinajstić information content (AvgIpc) is 2.61. The molecule has 1 aliphatic rings. The fourth-order valence-corrected chi connectivity index (χ4v) is 3.79. The maximum Gasteiger partial charge on any atom is 0.152 e. The van der Waals surface area contributed by atoms with E-state index >= 15 is 0 Å². The summed E-state index contributed by atoms with van der Waals surface area (Å²) in [7, 11) is 0. The van der Waals surface area contributed by atoms with Gasteiger partial charge in [-0.05, 0) is 55.9 Å². The highest BCUT2D eigenvalue weighted by atomic mass is 32.2. The van der Waals surface area contributed by atoms with E-state index in [0.29, 0.717) is 0 Å². The van der Waals surface area contributed by atoms with Crippen LogP contribution in [0.3, 0.4) is 0 Å². The largest absolute Gasteiger partial charge is 0.493 e. The van der Waals surface area contributed by atoms with Crippen molar-refractivity contribution in [1.29, 1.82) is 0 Å². The second kappa shape index (κ2) is 12.9. The zero-order chi connectivity index (χ0) is 16.0. The zero-order valence-electron chi connectivity index (χ0n) is 14.8. The highest BCUT2D eigenvalue weighted by Gasteiger charge is 2.14. The van der Waals surface area contributed by atoms with Crippen LogP contribution in [0.5, 0.6) is 5.75 Å². The van der Waals surface area contributed by atoms with Crippen molar-refractivity contribution in [2.75, 3.05) is 12.4 Å². The fraction of sp³-hybridized carbons (Fsp3) is 0.700.